The molecule has 0 saturated heterocycles. The molecular formula is C17H18O5. The van der Waals surface area contributed by atoms with Crippen LogP contribution in [0.2, 0.25) is 0 Å². The fourth-order valence-corrected chi connectivity index (χ4v) is 2.30. The molecule has 0 saturated carbocycles. The van der Waals surface area contributed by atoms with Crippen molar-refractivity contribution in [2.45, 2.75) is 0 Å². The topological polar surface area (TPSA) is 54.0 Å². The number of aldehydes is 1. The van der Waals surface area contributed by atoms with Gasteiger partial charge in [0.05, 0.1) is 26.7 Å². The Morgan fingerprint density at radius 1 is 1.00 bits per heavy atom. The minimum atomic E-state index is 0.306. The Kier molecular flexibility index (Phi) is 4.88. The lowest BCUT2D eigenvalue weighted by Gasteiger charge is -2.17. The van der Waals surface area contributed by atoms with Crippen LogP contribution in [-0.2, 0) is 0 Å². The van der Waals surface area contributed by atoms with Crippen molar-refractivity contribution >= 4 is 17.1 Å². The van der Waals surface area contributed by atoms with Gasteiger partial charge in [0.2, 0.25) is 0 Å². The highest BCUT2D eigenvalue weighted by atomic mass is 16.5. The first kappa shape index (κ1) is 15.7. The lowest BCUT2D eigenvalue weighted by Crippen LogP contribution is -2.00. The molecular weight excluding hydrogens is 284 g/mol. The summed E-state index contributed by atoms with van der Waals surface area (Å²) in [5, 5.41) is 1.40. The molecule has 0 aliphatic carbocycles. The van der Waals surface area contributed by atoms with Crippen LogP contribution in [0.5, 0.6) is 23.0 Å². The molecule has 0 unspecified atom stereocenters. The van der Waals surface area contributed by atoms with Crippen molar-refractivity contribution < 1.29 is 23.7 Å². The molecule has 0 N–H and O–H groups in total. The van der Waals surface area contributed by atoms with Crippen LogP contribution >= 0.6 is 0 Å². The molecule has 0 fully saturated rings. The number of benzene rings is 2. The maximum absolute atomic E-state index is 11.2. The van der Waals surface area contributed by atoms with Crippen LogP contribution < -0.4 is 18.9 Å². The molecule has 0 amide bonds. The maximum Gasteiger partial charge on any atom is 0.172 e. The highest BCUT2D eigenvalue weighted by molar-refractivity contribution is 6.02. The van der Waals surface area contributed by atoms with Crippen molar-refractivity contribution in [3.05, 3.63) is 36.4 Å². The molecule has 0 radical (unpaired) electrons. The summed E-state index contributed by atoms with van der Waals surface area (Å²) in [6.45, 7) is 3.94. The molecule has 22 heavy (non-hydrogen) atoms. The normalized spacial score (nSPS) is 10.1. The summed E-state index contributed by atoms with van der Waals surface area (Å²) in [5.41, 5.74) is 0.483. The van der Waals surface area contributed by atoms with Crippen LogP contribution in [0, 0.1) is 0 Å². The second-order valence-electron chi connectivity index (χ2n) is 4.47. The number of carbonyl (C=O) groups is 1. The first-order valence-corrected chi connectivity index (χ1v) is 6.65. The van der Waals surface area contributed by atoms with Gasteiger partial charge in [0.25, 0.3) is 0 Å². The fraction of sp³-hybridized carbons (Fsp3) is 0.235. The van der Waals surface area contributed by atoms with Gasteiger partial charge < -0.3 is 18.9 Å². The number of hydrogen-bond donors (Lipinski definition) is 0. The van der Waals surface area contributed by atoms with E-state index in [1.54, 1.807) is 45.6 Å². The first-order valence-electron chi connectivity index (χ1n) is 6.65. The molecule has 2 rings (SSSR count). The summed E-state index contributed by atoms with van der Waals surface area (Å²) in [4.78, 5) is 11.2. The standard InChI is InChI=1S/C17H18O5/c1-5-6-22-14-8-11(10-18)7-12-13(19-2)9-15(20-3)17(21-4)16(12)14/h5,7-10H,1,6H2,2-4H3. The summed E-state index contributed by atoms with van der Waals surface area (Å²) in [5.74, 6) is 2.12. The Hall–Kier alpha value is -2.69. The van der Waals surface area contributed by atoms with Crippen LogP contribution in [0.3, 0.4) is 0 Å². The zero-order chi connectivity index (χ0) is 16.1. The summed E-state index contributed by atoms with van der Waals surface area (Å²) in [6.07, 6.45) is 2.39. The largest absolute Gasteiger partial charge is 0.496 e. The Labute approximate surface area is 129 Å². The monoisotopic (exact) mass is 302 g/mol. The third-order valence-corrected chi connectivity index (χ3v) is 3.24. The third-order valence-electron chi connectivity index (χ3n) is 3.24. The van der Waals surface area contributed by atoms with E-state index in [2.05, 4.69) is 6.58 Å². The maximum atomic E-state index is 11.2. The minimum absolute atomic E-state index is 0.306. The van der Waals surface area contributed by atoms with E-state index in [1.807, 2.05) is 0 Å². The molecule has 0 aliphatic rings. The van der Waals surface area contributed by atoms with Gasteiger partial charge in [-0.2, -0.15) is 0 Å². The van der Waals surface area contributed by atoms with Crippen molar-refractivity contribution in [3.8, 4) is 23.0 Å². The van der Waals surface area contributed by atoms with Crippen LogP contribution in [0.25, 0.3) is 10.8 Å². The third kappa shape index (κ3) is 2.70. The lowest BCUT2D eigenvalue weighted by molar-refractivity contribution is 0.112. The quantitative estimate of drug-likeness (QED) is 0.580. The second-order valence-corrected chi connectivity index (χ2v) is 4.47. The number of rotatable bonds is 7. The van der Waals surface area contributed by atoms with E-state index in [0.717, 1.165) is 6.29 Å². The Bertz CT molecular complexity index is 706. The molecule has 2 aromatic carbocycles. The van der Waals surface area contributed by atoms with Crippen LogP contribution in [0.4, 0.5) is 0 Å². The Morgan fingerprint density at radius 3 is 2.27 bits per heavy atom. The van der Waals surface area contributed by atoms with Gasteiger partial charge >= 0.3 is 0 Å². The van der Waals surface area contributed by atoms with Crippen molar-refractivity contribution in [1.82, 2.24) is 0 Å². The summed E-state index contributed by atoms with van der Waals surface area (Å²) in [7, 11) is 4.65. The number of carbonyl (C=O) groups excluding carboxylic acids is 1. The van der Waals surface area contributed by atoms with E-state index < -0.39 is 0 Å². The number of hydrogen-bond acceptors (Lipinski definition) is 5. The highest BCUT2D eigenvalue weighted by Crippen LogP contribution is 2.46. The Morgan fingerprint density at radius 2 is 1.73 bits per heavy atom. The van der Waals surface area contributed by atoms with E-state index in [0.29, 0.717) is 45.9 Å². The van der Waals surface area contributed by atoms with E-state index >= 15 is 0 Å². The number of ether oxygens (including phenoxy) is 4. The average Bonchev–Trinajstić information content (AvgIpc) is 2.57. The molecule has 0 aliphatic heterocycles. The van der Waals surface area contributed by atoms with Gasteiger partial charge in [-0.15, -0.1) is 0 Å². The smallest absolute Gasteiger partial charge is 0.172 e. The second kappa shape index (κ2) is 6.85. The molecule has 2 aromatic rings. The molecule has 0 spiro atoms. The molecule has 5 heteroatoms. The Balaban J connectivity index is 2.88. The predicted molar refractivity (Wildman–Crippen MR) is 84.7 cm³/mol. The molecule has 0 atom stereocenters. The van der Waals surface area contributed by atoms with E-state index in [4.69, 9.17) is 18.9 Å². The summed E-state index contributed by atoms with van der Waals surface area (Å²) >= 11 is 0. The van der Waals surface area contributed by atoms with Gasteiger partial charge in [-0.25, -0.2) is 0 Å². The zero-order valence-electron chi connectivity index (χ0n) is 12.8. The van der Waals surface area contributed by atoms with Crippen molar-refractivity contribution in [3.63, 3.8) is 0 Å². The van der Waals surface area contributed by atoms with Gasteiger partial charge in [-0.3, -0.25) is 4.79 Å². The van der Waals surface area contributed by atoms with Crippen LogP contribution in [-0.4, -0.2) is 34.2 Å². The van der Waals surface area contributed by atoms with Crippen LogP contribution in [0.15, 0.2) is 30.9 Å². The van der Waals surface area contributed by atoms with Gasteiger partial charge in [-0.1, -0.05) is 12.7 Å². The fourth-order valence-electron chi connectivity index (χ4n) is 2.30. The molecule has 0 aromatic heterocycles. The van der Waals surface area contributed by atoms with Gasteiger partial charge in [0.1, 0.15) is 24.4 Å². The minimum Gasteiger partial charge on any atom is -0.496 e. The average molecular weight is 302 g/mol. The molecule has 5 nitrogen and oxygen atoms in total. The van der Waals surface area contributed by atoms with Crippen molar-refractivity contribution in [2.75, 3.05) is 27.9 Å². The van der Waals surface area contributed by atoms with Gasteiger partial charge in [-0.05, 0) is 12.1 Å². The van der Waals surface area contributed by atoms with E-state index in [9.17, 15) is 4.79 Å². The molecule has 0 heterocycles. The zero-order valence-corrected chi connectivity index (χ0v) is 12.8. The summed E-state index contributed by atoms with van der Waals surface area (Å²) in [6, 6.07) is 5.09. The highest BCUT2D eigenvalue weighted by Gasteiger charge is 2.19. The van der Waals surface area contributed by atoms with E-state index in [1.165, 1.54) is 0 Å². The lowest BCUT2D eigenvalue weighted by atomic mass is 10.0. The van der Waals surface area contributed by atoms with Crippen molar-refractivity contribution in [2.24, 2.45) is 0 Å². The van der Waals surface area contributed by atoms with Gasteiger partial charge in [0, 0.05) is 17.0 Å². The SMILES string of the molecule is C=CCOc1cc(C=O)cc2c(OC)cc(OC)c(OC)c12. The first-order chi connectivity index (χ1) is 10.7. The molecule has 116 valence electrons. The number of fused-ring (bicyclic) bond motifs is 1. The number of methoxy groups -OCH3 is 3. The summed E-state index contributed by atoms with van der Waals surface area (Å²) < 4.78 is 21.9. The molecule has 0 bridgehead atoms. The van der Waals surface area contributed by atoms with Gasteiger partial charge in [0.15, 0.2) is 11.5 Å². The predicted octanol–water partition coefficient (Wildman–Crippen LogP) is 3.24. The van der Waals surface area contributed by atoms with Crippen molar-refractivity contribution in [1.29, 1.82) is 0 Å². The van der Waals surface area contributed by atoms with E-state index in [-0.39, 0.29) is 0 Å². The van der Waals surface area contributed by atoms with Crippen LogP contribution in [0.1, 0.15) is 10.4 Å².